The Morgan fingerprint density at radius 1 is 1.14 bits per heavy atom. The standard InChI is InChI=1S/C16H29N3O.2ClH/c1-13-11-18-10-2-3-15(18)12-19(13)16(20)5-4-14-6-8-17-9-7-14;;/h13-15,17H,2-12H2,1H3;2*1H. The lowest BCUT2D eigenvalue weighted by Crippen LogP contribution is -2.56. The maximum atomic E-state index is 12.5. The van der Waals surface area contributed by atoms with Crippen molar-refractivity contribution in [3.8, 4) is 0 Å². The van der Waals surface area contributed by atoms with Crippen LogP contribution in [0, 0.1) is 5.92 Å². The maximum absolute atomic E-state index is 12.5. The number of piperidine rings is 1. The number of piperazine rings is 1. The number of hydrogen-bond donors (Lipinski definition) is 1. The van der Waals surface area contributed by atoms with E-state index >= 15 is 0 Å². The molecule has 0 spiro atoms. The lowest BCUT2D eigenvalue weighted by atomic mass is 9.92. The average molecular weight is 352 g/mol. The molecular formula is C16H31Cl2N3O. The molecular weight excluding hydrogens is 321 g/mol. The van der Waals surface area contributed by atoms with Gasteiger partial charge in [0.1, 0.15) is 0 Å². The van der Waals surface area contributed by atoms with Crippen LogP contribution in [0.3, 0.4) is 0 Å². The van der Waals surface area contributed by atoms with Gasteiger partial charge in [-0.2, -0.15) is 0 Å². The Morgan fingerprint density at radius 2 is 1.86 bits per heavy atom. The van der Waals surface area contributed by atoms with Crippen molar-refractivity contribution < 1.29 is 4.79 Å². The summed E-state index contributed by atoms with van der Waals surface area (Å²) in [6.07, 6.45) is 6.96. The van der Waals surface area contributed by atoms with E-state index in [4.69, 9.17) is 0 Å². The zero-order valence-electron chi connectivity index (χ0n) is 13.6. The van der Waals surface area contributed by atoms with E-state index in [0.29, 0.717) is 18.0 Å². The third-order valence-corrected chi connectivity index (χ3v) is 5.48. The molecule has 3 rings (SSSR count). The normalized spacial score (nSPS) is 29.4. The molecule has 0 bridgehead atoms. The lowest BCUT2D eigenvalue weighted by molar-refractivity contribution is -0.137. The van der Waals surface area contributed by atoms with E-state index in [1.165, 1.54) is 32.2 Å². The fraction of sp³-hybridized carbons (Fsp3) is 0.938. The van der Waals surface area contributed by atoms with E-state index < -0.39 is 0 Å². The predicted octanol–water partition coefficient (Wildman–Crippen LogP) is 2.30. The highest BCUT2D eigenvalue weighted by Crippen LogP contribution is 2.26. The minimum atomic E-state index is 0. The second kappa shape index (κ2) is 9.31. The Hall–Kier alpha value is -0.0300. The summed E-state index contributed by atoms with van der Waals surface area (Å²) < 4.78 is 0. The molecule has 4 nitrogen and oxygen atoms in total. The number of hydrogen-bond acceptors (Lipinski definition) is 3. The first kappa shape index (κ1) is 20.0. The minimum absolute atomic E-state index is 0. The Kier molecular flexibility index (Phi) is 8.47. The first-order valence-corrected chi connectivity index (χ1v) is 8.48. The van der Waals surface area contributed by atoms with Crippen LogP contribution in [-0.4, -0.2) is 60.5 Å². The van der Waals surface area contributed by atoms with Gasteiger partial charge in [0, 0.05) is 31.6 Å². The van der Waals surface area contributed by atoms with Gasteiger partial charge in [-0.1, -0.05) is 0 Å². The van der Waals surface area contributed by atoms with Crippen LogP contribution in [-0.2, 0) is 4.79 Å². The Labute approximate surface area is 147 Å². The van der Waals surface area contributed by atoms with Crippen LogP contribution < -0.4 is 5.32 Å². The van der Waals surface area contributed by atoms with E-state index in [2.05, 4.69) is 22.0 Å². The number of carbonyl (C=O) groups excluding carboxylic acids is 1. The molecule has 6 heteroatoms. The number of halogens is 2. The SMILES string of the molecule is CC1CN2CCCC2CN1C(=O)CCC1CCNCC1.Cl.Cl. The van der Waals surface area contributed by atoms with Crippen LogP contribution in [0.4, 0.5) is 0 Å². The molecule has 0 radical (unpaired) electrons. The van der Waals surface area contributed by atoms with Gasteiger partial charge in [-0.25, -0.2) is 0 Å². The zero-order chi connectivity index (χ0) is 13.9. The second-order valence-corrected chi connectivity index (χ2v) is 6.92. The van der Waals surface area contributed by atoms with Gasteiger partial charge in [0.05, 0.1) is 0 Å². The first-order valence-electron chi connectivity index (χ1n) is 8.48. The molecule has 0 aromatic heterocycles. The van der Waals surface area contributed by atoms with Crippen LogP contribution in [0.2, 0.25) is 0 Å². The fourth-order valence-corrected chi connectivity index (χ4v) is 4.18. The maximum Gasteiger partial charge on any atom is 0.222 e. The van der Waals surface area contributed by atoms with Gasteiger partial charge in [0.2, 0.25) is 5.91 Å². The summed E-state index contributed by atoms with van der Waals surface area (Å²) in [4.78, 5) is 17.3. The summed E-state index contributed by atoms with van der Waals surface area (Å²) in [6.45, 7) is 7.80. The molecule has 0 aromatic carbocycles. The van der Waals surface area contributed by atoms with Gasteiger partial charge in [-0.3, -0.25) is 9.69 Å². The number of fused-ring (bicyclic) bond motifs is 1. The Morgan fingerprint density at radius 3 is 2.59 bits per heavy atom. The average Bonchev–Trinajstić information content (AvgIpc) is 2.92. The van der Waals surface area contributed by atoms with Crippen molar-refractivity contribution in [1.29, 1.82) is 0 Å². The number of nitrogens with zero attached hydrogens (tertiary/aromatic N) is 2. The van der Waals surface area contributed by atoms with Crippen LogP contribution in [0.25, 0.3) is 0 Å². The number of rotatable bonds is 3. The number of nitrogens with one attached hydrogen (secondary N) is 1. The highest BCUT2D eigenvalue weighted by atomic mass is 35.5. The quantitative estimate of drug-likeness (QED) is 0.847. The molecule has 3 aliphatic heterocycles. The van der Waals surface area contributed by atoms with Gasteiger partial charge < -0.3 is 10.2 Å². The van der Waals surface area contributed by atoms with Gasteiger partial charge >= 0.3 is 0 Å². The van der Waals surface area contributed by atoms with E-state index in [1.807, 2.05) is 0 Å². The van der Waals surface area contributed by atoms with E-state index in [-0.39, 0.29) is 24.8 Å². The summed E-state index contributed by atoms with van der Waals surface area (Å²) in [5, 5.41) is 3.40. The zero-order valence-corrected chi connectivity index (χ0v) is 15.3. The van der Waals surface area contributed by atoms with Crippen LogP contribution in [0.5, 0.6) is 0 Å². The second-order valence-electron chi connectivity index (χ2n) is 6.92. The van der Waals surface area contributed by atoms with Crippen LogP contribution in [0.15, 0.2) is 0 Å². The molecule has 3 heterocycles. The molecule has 2 atom stereocenters. The minimum Gasteiger partial charge on any atom is -0.337 e. The van der Waals surface area contributed by atoms with Crippen molar-refractivity contribution >= 4 is 30.7 Å². The first-order chi connectivity index (χ1) is 9.74. The predicted molar refractivity (Wildman–Crippen MR) is 95.1 cm³/mol. The molecule has 1 amide bonds. The molecule has 3 saturated heterocycles. The van der Waals surface area contributed by atoms with Crippen LogP contribution >= 0.6 is 24.8 Å². The van der Waals surface area contributed by atoms with Crippen LogP contribution in [0.1, 0.15) is 45.4 Å². The topological polar surface area (TPSA) is 35.6 Å². The van der Waals surface area contributed by atoms with Crippen molar-refractivity contribution in [2.45, 2.75) is 57.5 Å². The van der Waals surface area contributed by atoms with Gasteiger partial charge in [0.15, 0.2) is 0 Å². The van der Waals surface area contributed by atoms with Crippen molar-refractivity contribution in [1.82, 2.24) is 15.1 Å². The molecule has 0 aromatic rings. The van der Waals surface area contributed by atoms with E-state index in [0.717, 1.165) is 44.9 Å². The van der Waals surface area contributed by atoms with E-state index in [9.17, 15) is 4.79 Å². The van der Waals surface area contributed by atoms with E-state index in [1.54, 1.807) is 0 Å². The Balaban J connectivity index is 0.00000121. The lowest BCUT2D eigenvalue weighted by Gasteiger charge is -2.42. The van der Waals surface area contributed by atoms with Crippen molar-refractivity contribution in [3.05, 3.63) is 0 Å². The van der Waals surface area contributed by atoms with Crippen molar-refractivity contribution in [2.24, 2.45) is 5.92 Å². The molecule has 130 valence electrons. The smallest absolute Gasteiger partial charge is 0.222 e. The van der Waals surface area contributed by atoms with Gasteiger partial charge in [-0.15, -0.1) is 24.8 Å². The number of amides is 1. The summed E-state index contributed by atoms with van der Waals surface area (Å²) >= 11 is 0. The third kappa shape index (κ3) is 4.73. The largest absolute Gasteiger partial charge is 0.337 e. The van der Waals surface area contributed by atoms with Crippen molar-refractivity contribution in [3.63, 3.8) is 0 Å². The number of carbonyl (C=O) groups is 1. The van der Waals surface area contributed by atoms with Gasteiger partial charge in [0.25, 0.3) is 0 Å². The molecule has 1 N–H and O–H groups in total. The highest BCUT2D eigenvalue weighted by Gasteiger charge is 2.36. The van der Waals surface area contributed by atoms with Crippen molar-refractivity contribution in [2.75, 3.05) is 32.7 Å². The summed E-state index contributed by atoms with van der Waals surface area (Å²) in [5.74, 6) is 1.17. The third-order valence-electron chi connectivity index (χ3n) is 5.48. The fourth-order valence-electron chi connectivity index (χ4n) is 4.18. The summed E-state index contributed by atoms with van der Waals surface area (Å²) in [5.41, 5.74) is 0. The molecule has 3 aliphatic rings. The molecule has 3 fully saturated rings. The van der Waals surface area contributed by atoms with Gasteiger partial charge in [-0.05, 0) is 64.6 Å². The molecule has 2 unspecified atom stereocenters. The summed E-state index contributed by atoms with van der Waals surface area (Å²) in [6, 6.07) is 1.05. The monoisotopic (exact) mass is 351 g/mol. The molecule has 0 aliphatic carbocycles. The summed E-state index contributed by atoms with van der Waals surface area (Å²) in [7, 11) is 0. The highest BCUT2D eigenvalue weighted by molar-refractivity contribution is 5.85. The molecule has 22 heavy (non-hydrogen) atoms. The molecule has 0 saturated carbocycles. The Bertz CT molecular complexity index is 350.